The van der Waals surface area contributed by atoms with Crippen molar-refractivity contribution in [2.45, 2.75) is 33.6 Å². The molecule has 0 unspecified atom stereocenters. The quantitative estimate of drug-likeness (QED) is 0.797. The summed E-state index contributed by atoms with van der Waals surface area (Å²) in [5.74, 6) is -0.267. The predicted molar refractivity (Wildman–Crippen MR) is 72.3 cm³/mol. The Balaban J connectivity index is 2.49. The van der Waals surface area contributed by atoms with Gasteiger partial charge in [-0.05, 0) is 57.4 Å². The molecule has 0 saturated carbocycles. The Hall–Kier alpha value is -2.02. The highest BCUT2D eigenvalue weighted by atomic mass is 16.5. The Bertz CT molecular complexity index is 501. The van der Waals surface area contributed by atoms with Gasteiger partial charge in [0.1, 0.15) is 5.75 Å². The number of carbonyl (C=O) groups is 1. The molecule has 0 aliphatic rings. The van der Waals surface area contributed by atoms with E-state index in [0.29, 0.717) is 17.9 Å². The third-order valence-electron chi connectivity index (χ3n) is 2.95. The van der Waals surface area contributed by atoms with Gasteiger partial charge in [0, 0.05) is 0 Å². The fourth-order valence-corrected chi connectivity index (χ4v) is 1.73. The number of nitrogens with zero attached hydrogens (tertiary/aromatic N) is 1. The maximum Gasteiger partial charge on any atom is 0.335 e. The van der Waals surface area contributed by atoms with Crippen molar-refractivity contribution in [2.75, 3.05) is 6.61 Å². The summed E-state index contributed by atoms with van der Waals surface area (Å²) < 4.78 is 5.56. The molecule has 0 radical (unpaired) electrons. The number of ether oxygens (including phenoxy) is 1. The molecule has 1 aromatic rings. The lowest BCUT2D eigenvalue weighted by Crippen LogP contribution is -2.10. The zero-order valence-corrected chi connectivity index (χ0v) is 11.6. The van der Waals surface area contributed by atoms with Crippen LogP contribution in [0.2, 0.25) is 0 Å². The number of hydrogen-bond donors (Lipinski definition) is 1. The first-order valence-corrected chi connectivity index (χ1v) is 6.24. The summed E-state index contributed by atoms with van der Waals surface area (Å²) in [7, 11) is 0. The molecule has 0 saturated heterocycles. The highest BCUT2D eigenvalue weighted by Gasteiger charge is 2.15. The Kier molecular flexibility index (Phi) is 4.94. The van der Waals surface area contributed by atoms with Crippen molar-refractivity contribution >= 4 is 5.97 Å². The van der Waals surface area contributed by atoms with Crippen LogP contribution in [0.3, 0.4) is 0 Å². The molecule has 4 nitrogen and oxygen atoms in total. The number of carboxylic acid groups (broad SMARTS) is 1. The average molecular weight is 261 g/mol. The van der Waals surface area contributed by atoms with Crippen LogP contribution in [0.4, 0.5) is 0 Å². The van der Waals surface area contributed by atoms with Crippen LogP contribution in [-0.2, 0) is 0 Å². The first-order chi connectivity index (χ1) is 8.85. The molecule has 0 aromatic heterocycles. The molecule has 0 aliphatic heterocycles. The van der Waals surface area contributed by atoms with Crippen molar-refractivity contribution < 1.29 is 14.6 Å². The van der Waals surface area contributed by atoms with Gasteiger partial charge in [0.15, 0.2) is 0 Å². The van der Waals surface area contributed by atoms with Crippen molar-refractivity contribution in [3.8, 4) is 11.8 Å². The summed E-state index contributed by atoms with van der Waals surface area (Å²) in [4.78, 5) is 10.9. The lowest BCUT2D eigenvalue weighted by atomic mass is 9.90. The van der Waals surface area contributed by atoms with Crippen LogP contribution in [0.5, 0.6) is 5.75 Å². The zero-order valence-electron chi connectivity index (χ0n) is 11.6. The molecule has 0 spiro atoms. The predicted octanol–water partition coefficient (Wildman–Crippen LogP) is 3.40. The number of nitriles is 1. The molecule has 1 N–H and O–H groups in total. The Labute approximate surface area is 113 Å². The van der Waals surface area contributed by atoms with E-state index in [1.54, 1.807) is 25.1 Å². The van der Waals surface area contributed by atoms with Crippen molar-refractivity contribution in [3.63, 3.8) is 0 Å². The molecule has 0 heterocycles. The lowest BCUT2D eigenvalue weighted by molar-refractivity contribution is 0.0696. The molecule has 0 fully saturated rings. The number of carboxylic acids is 1. The van der Waals surface area contributed by atoms with Gasteiger partial charge in [-0.15, -0.1) is 0 Å². The van der Waals surface area contributed by atoms with E-state index in [1.807, 2.05) is 13.8 Å². The topological polar surface area (TPSA) is 70.3 Å². The maximum absolute atomic E-state index is 10.9. The second-order valence-corrected chi connectivity index (χ2v) is 5.23. The molecule has 4 heteroatoms. The first kappa shape index (κ1) is 15.0. The van der Waals surface area contributed by atoms with Gasteiger partial charge in [0.25, 0.3) is 0 Å². The van der Waals surface area contributed by atoms with Gasteiger partial charge in [0.2, 0.25) is 0 Å². The minimum atomic E-state index is -0.931. The van der Waals surface area contributed by atoms with Crippen LogP contribution in [0, 0.1) is 23.7 Å². The number of rotatable bonds is 6. The van der Waals surface area contributed by atoms with E-state index in [2.05, 4.69) is 6.07 Å². The van der Waals surface area contributed by atoms with Gasteiger partial charge in [-0.2, -0.15) is 5.26 Å². The minimum absolute atomic E-state index is 0.290. The third-order valence-corrected chi connectivity index (χ3v) is 2.95. The molecule has 1 aromatic carbocycles. The second kappa shape index (κ2) is 6.24. The van der Waals surface area contributed by atoms with E-state index >= 15 is 0 Å². The summed E-state index contributed by atoms with van der Waals surface area (Å²) in [5.41, 5.74) is 0.646. The fourth-order valence-electron chi connectivity index (χ4n) is 1.73. The molecule has 0 aliphatic carbocycles. The highest BCUT2D eigenvalue weighted by Crippen LogP contribution is 2.22. The minimum Gasteiger partial charge on any atom is -0.494 e. The van der Waals surface area contributed by atoms with Crippen LogP contribution in [0.15, 0.2) is 18.2 Å². The van der Waals surface area contributed by atoms with E-state index in [-0.39, 0.29) is 11.0 Å². The van der Waals surface area contributed by atoms with Crippen molar-refractivity contribution in [3.05, 3.63) is 29.3 Å². The largest absolute Gasteiger partial charge is 0.494 e. The smallest absolute Gasteiger partial charge is 0.335 e. The maximum atomic E-state index is 10.9. The summed E-state index contributed by atoms with van der Waals surface area (Å²) in [6.45, 7) is 6.07. The van der Waals surface area contributed by atoms with E-state index < -0.39 is 5.97 Å². The number of aromatic carboxylic acids is 1. The molecule has 0 amide bonds. The van der Waals surface area contributed by atoms with Crippen molar-refractivity contribution in [2.24, 2.45) is 5.41 Å². The molecule has 1 rings (SSSR count). The summed E-state index contributed by atoms with van der Waals surface area (Å²) in [6.07, 6.45) is 1.57. The molecule has 102 valence electrons. The van der Waals surface area contributed by atoms with Crippen LogP contribution in [0.1, 0.15) is 42.6 Å². The summed E-state index contributed by atoms with van der Waals surface area (Å²) >= 11 is 0. The third kappa shape index (κ3) is 4.63. The average Bonchev–Trinajstić information content (AvgIpc) is 2.34. The van der Waals surface area contributed by atoms with Crippen molar-refractivity contribution in [1.82, 2.24) is 0 Å². The van der Waals surface area contributed by atoms with Crippen LogP contribution >= 0.6 is 0 Å². The fraction of sp³-hybridized carbons (Fsp3) is 0.467. The first-order valence-electron chi connectivity index (χ1n) is 6.24. The Morgan fingerprint density at radius 1 is 1.47 bits per heavy atom. The zero-order chi connectivity index (χ0) is 14.5. The van der Waals surface area contributed by atoms with Gasteiger partial charge in [0.05, 0.1) is 23.7 Å². The van der Waals surface area contributed by atoms with E-state index in [1.165, 1.54) is 0 Å². The van der Waals surface area contributed by atoms with Crippen LogP contribution in [0.25, 0.3) is 0 Å². The monoisotopic (exact) mass is 261 g/mol. The highest BCUT2D eigenvalue weighted by molar-refractivity contribution is 5.89. The normalized spacial score (nSPS) is 10.8. The Morgan fingerprint density at radius 2 is 2.16 bits per heavy atom. The summed E-state index contributed by atoms with van der Waals surface area (Å²) in [6, 6.07) is 7.18. The summed E-state index contributed by atoms with van der Waals surface area (Å²) in [5, 5.41) is 17.8. The standard InChI is InChI=1S/C15H19NO3/c1-11-9-12(5-6-13(11)14(17)18)19-8-4-7-15(2,3)10-16/h5-6,9H,4,7-8H2,1-3H3,(H,17,18). The van der Waals surface area contributed by atoms with Gasteiger partial charge < -0.3 is 9.84 Å². The SMILES string of the molecule is Cc1cc(OCCCC(C)(C)C#N)ccc1C(=O)O. The van der Waals surface area contributed by atoms with Crippen LogP contribution in [-0.4, -0.2) is 17.7 Å². The van der Waals surface area contributed by atoms with Gasteiger partial charge in [-0.1, -0.05) is 0 Å². The number of aryl methyl sites for hydroxylation is 1. The molecule has 0 bridgehead atoms. The van der Waals surface area contributed by atoms with Crippen molar-refractivity contribution in [1.29, 1.82) is 5.26 Å². The van der Waals surface area contributed by atoms with Crippen LogP contribution < -0.4 is 4.74 Å². The van der Waals surface area contributed by atoms with Gasteiger partial charge in [-0.25, -0.2) is 4.79 Å². The second-order valence-electron chi connectivity index (χ2n) is 5.23. The van der Waals surface area contributed by atoms with E-state index in [0.717, 1.165) is 12.8 Å². The molecular formula is C15H19NO3. The number of benzene rings is 1. The van der Waals surface area contributed by atoms with E-state index in [4.69, 9.17) is 15.1 Å². The van der Waals surface area contributed by atoms with E-state index in [9.17, 15) is 4.79 Å². The van der Waals surface area contributed by atoms with Gasteiger partial charge in [-0.3, -0.25) is 0 Å². The van der Waals surface area contributed by atoms with Gasteiger partial charge >= 0.3 is 5.97 Å². The molecular weight excluding hydrogens is 242 g/mol. The molecule has 19 heavy (non-hydrogen) atoms. The lowest BCUT2D eigenvalue weighted by Gasteiger charge is -2.15. The number of hydrogen-bond acceptors (Lipinski definition) is 3. The molecule has 0 atom stereocenters. The Morgan fingerprint density at radius 3 is 2.68 bits per heavy atom.